The Labute approximate surface area is 159 Å². The van der Waals surface area contributed by atoms with Crippen molar-refractivity contribution in [3.05, 3.63) is 23.8 Å². The molecule has 0 bridgehead atoms. The predicted molar refractivity (Wildman–Crippen MR) is 99.3 cm³/mol. The largest absolute Gasteiger partial charge is 0.496 e. The van der Waals surface area contributed by atoms with Crippen molar-refractivity contribution in [2.24, 2.45) is 11.8 Å². The number of hydrogen-bond acceptors (Lipinski definition) is 5. The third kappa shape index (κ3) is 4.08. The smallest absolute Gasteiger partial charge is 0.308 e. The number of carbonyl (C=O) groups is 2. The zero-order valence-corrected chi connectivity index (χ0v) is 16.8. The third-order valence-electron chi connectivity index (χ3n) is 4.96. The first-order valence-electron chi connectivity index (χ1n) is 8.87. The summed E-state index contributed by atoms with van der Waals surface area (Å²) in [6.45, 7) is 6.29. The van der Waals surface area contributed by atoms with E-state index in [1.807, 2.05) is 0 Å². The lowest BCUT2D eigenvalue weighted by atomic mass is 9.99. The summed E-state index contributed by atoms with van der Waals surface area (Å²) in [4.78, 5) is 25.7. The van der Waals surface area contributed by atoms with Gasteiger partial charge in [0.2, 0.25) is 10.0 Å². The first-order valence-corrected chi connectivity index (χ1v) is 10.3. The Morgan fingerprint density at radius 3 is 2.37 bits per heavy atom. The summed E-state index contributed by atoms with van der Waals surface area (Å²) in [7, 11) is -2.33. The Kier molecular flexibility index (Phi) is 6.48. The molecule has 9 heteroatoms. The van der Waals surface area contributed by atoms with Crippen LogP contribution in [0.1, 0.15) is 31.1 Å². The molecule has 0 aliphatic carbocycles. The number of methoxy groups -OCH3 is 1. The summed E-state index contributed by atoms with van der Waals surface area (Å²) in [5.74, 6) is -1.94. The number of likely N-dealkylation sites (tertiary alicyclic amines) is 1. The molecule has 1 aliphatic heterocycles. The molecule has 0 spiro atoms. The normalized spacial score (nSPS) is 20.1. The quantitative estimate of drug-likeness (QED) is 0.747. The number of rotatable bonds is 7. The average molecular weight is 398 g/mol. The second kappa shape index (κ2) is 8.26. The highest BCUT2D eigenvalue weighted by molar-refractivity contribution is 7.89. The predicted octanol–water partition coefficient (Wildman–Crippen LogP) is 1.52. The van der Waals surface area contributed by atoms with Crippen LogP contribution in [0.2, 0.25) is 0 Å². The molecule has 1 fully saturated rings. The van der Waals surface area contributed by atoms with E-state index in [2.05, 4.69) is 0 Å². The first-order chi connectivity index (χ1) is 12.7. The molecule has 0 aromatic heterocycles. The van der Waals surface area contributed by atoms with Gasteiger partial charge >= 0.3 is 5.97 Å². The van der Waals surface area contributed by atoms with Crippen molar-refractivity contribution in [2.45, 2.75) is 25.7 Å². The maximum atomic E-state index is 13.0. The Hall–Kier alpha value is -2.13. The maximum Gasteiger partial charge on any atom is 0.308 e. The van der Waals surface area contributed by atoms with Crippen LogP contribution in [0.5, 0.6) is 5.75 Å². The minimum Gasteiger partial charge on any atom is -0.496 e. The maximum absolute atomic E-state index is 13.0. The van der Waals surface area contributed by atoms with Gasteiger partial charge < -0.3 is 14.7 Å². The lowest BCUT2D eigenvalue weighted by Crippen LogP contribution is -2.32. The highest BCUT2D eigenvalue weighted by atomic mass is 32.2. The molecule has 1 heterocycles. The van der Waals surface area contributed by atoms with Crippen LogP contribution in [0, 0.1) is 11.8 Å². The first kappa shape index (κ1) is 21.2. The fourth-order valence-electron chi connectivity index (χ4n) is 3.35. The molecule has 0 saturated carbocycles. The van der Waals surface area contributed by atoms with Gasteiger partial charge in [0.1, 0.15) is 5.75 Å². The van der Waals surface area contributed by atoms with Gasteiger partial charge in [0.25, 0.3) is 5.91 Å². The van der Waals surface area contributed by atoms with Crippen molar-refractivity contribution < 1.29 is 27.9 Å². The van der Waals surface area contributed by atoms with E-state index >= 15 is 0 Å². The Balaban J connectivity index is 2.42. The van der Waals surface area contributed by atoms with Crippen LogP contribution in [0.3, 0.4) is 0 Å². The minimum absolute atomic E-state index is 0.0115. The Bertz CT molecular complexity index is 819. The average Bonchev–Trinajstić information content (AvgIpc) is 3.03. The Morgan fingerprint density at radius 2 is 1.89 bits per heavy atom. The van der Waals surface area contributed by atoms with Crippen LogP contribution in [0.4, 0.5) is 0 Å². The standard InChI is InChI=1S/C18H26N2O6S/c1-5-20(6-2)27(24,25)13-7-8-16(26-4)14(9-13)17(21)19-10-12(3)15(11-19)18(22)23/h7-9,12,15H,5-6,10-11H2,1-4H3,(H,22,23)/t12-,15-/m1/s1. The molecule has 1 N–H and O–H groups in total. The van der Waals surface area contributed by atoms with Gasteiger partial charge in [-0.25, -0.2) is 8.42 Å². The van der Waals surface area contributed by atoms with E-state index in [9.17, 15) is 23.1 Å². The van der Waals surface area contributed by atoms with Gasteiger partial charge in [-0.3, -0.25) is 9.59 Å². The van der Waals surface area contributed by atoms with E-state index < -0.39 is 27.8 Å². The number of nitrogens with zero attached hydrogens (tertiary/aromatic N) is 2. The van der Waals surface area contributed by atoms with Gasteiger partial charge in [-0.05, 0) is 24.1 Å². The van der Waals surface area contributed by atoms with E-state index in [4.69, 9.17) is 4.74 Å². The summed E-state index contributed by atoms with van der Waals surface area (Å²) in [6, 6.07) is 4.18. The number of amides is 1. The summed E-state index contributed by atoms with van der Waals surface area (Å²) in [5.41, 5.74) is 0.115. The summed E-state index contributed by atoms with van der Waals surface area (Å²) in [5, 5.41) is 9.27. The number of carbonyl (C=O) groups excluding carboxylic acids is 1. The molecule has 27 heavy (non-hydrogen) atoms. The summed E-state index contributed by atoms with van der Waals surface area (Å²) in [6.07, 6.45) is 0. The van der Waals surface area contributed by atoms with Gasteiger partial charge in [-0.2, -0.15) is 4.31 Å². The van der Waals surface area contributed by atoms with Crippen molar-refractivity contribution in [2.75, 3.05) is 33.3 Å². The van der Waals surface area contributed by atoms with E-state index in [1.54, 1.807) is 20.8 Å². The molecule has 2 atom stereocenters. The molecule has 0 unspecified atom stereocenters. The van der Waals surface area contributed by atoms with E-state index in [1.165, 1.54) is 34.5 Å². The molecule has 8 nitrogen and oxygen atoms in total. The van der Waals surface area contributed by atoms with Gasteiger partial charge in [0, 0.05) is 26.2 Å². The van der Waals surface area contributed by atoms with Crippen molar-refractivity contribution in [1.29, 1.82) is 0 Å². The molecule has 0 radical (unpaired) electrons. The van der Waals surface area contributed by atoms with Crippen molar-refractivity contribution in [1.82, 2.24) is 9.21 Å². The van der Waals surface area contributed by atoms with Gasteiger partial charge in [-0.15, -0.1) is 0 Å². The number of aliphatic carboxylic acids is 1. The van der Waals surface area contributed by atoms with Crippen molar-refractivity contribution in [3.63, 3.8) is 0 Å². The van der Waals surface area contributed by atoms with Crippen LogP contribution in [-0.2, 0) is 14.8 Å². The topological polar surface area (TPSA) is 104 Å². The number of sulfonamides is 1. The fourth-order valence-corrected chi connectivity index (χ4v) is 4.84. The summed E-state index contributed by atoms with van der Waals surface area (Å²) < 4.78 is 32.1. The number of carboxylic acids is 1. The van der Waals surface area contributed by atoms with E-state index in [0.29, 0.717) is 19.6 Å². The van der Waals surface area contributed by atoms with Crippen LogP contribution in [-0.4, -0.2) is 67.9 Å². The second-order valence-corrected chi connectivity index (χ2v) is 8.52. The van der Waals surface area contributed by atoms with Gasteiger partial charge in [0.15, 0.2) is 0 Å². The molecule has 1 aliphatic rings. The second-order valence-electron chi connectivity index (χ2n) is 6.58. The van der Waals surface area contributed by atoms with Crippen LogP contribution in [0.25, 0.3) is 0 Å². The fraction of sp³-hybridized carbons (Fsp3) is 0.556. The summed E-state index contributed by atoms with van der Waals surface area (Å²) >= 11 is 0. The molecule has 1 saturated heterocycles. The third-order valence-corrected chi connectivity index (χ3v) is 7.01. The molecule has 150 valence electrons. The number of carboxylic acid groups (broad SMARTS) is 1. The molecule has 1 amide bonds. The molecule has 2 rings (SSSR count). The van der Waals surface area contributed by atoms with Crippen LogP contribution >= 0.6 is 0 Å². The lowest BCUT2D eigenvalue weighted by molar-refractivity contribution is -0.142. The minimum atomic E-state index is -3.73. The number of hydrogen-bond donors (Lipinski definition) is 1. The van der Waals surface area contributed by atoms with Gasteiger partial charge in [-0.1, -0.05) is 20.8 Å². The van der Waals surface area contributed by atoms with Crippen LogP contribution < -0.4 is 4.74 Å². The van der Waals surface area contributed by atoms with Gasteiger partial charge in [0.05, 0.1) is 23.5 Å². The highest BCUT2D eigenvalue weighted by Crippen LogP contribution is 2.29. The number of ether oxygens (including phenoxy) is 1. The van der Waals surface area contributed by atoms with Crippen molar-refractivity contribution in [3.8, 4) is 5.75 Å². The SMILES string of the molecule is CCN(CC)S(=O)(=O)c1ccc(OC)c(C(=O)N2C[C@@H](C)[C@H](C(=O)O)C2)c1. The molecule has 1 aromatic carbocycles. The van der Waals surface area contributed by atoms with E-state index in [-0.39, 0.29) is 28.7 Å². The van der Waals surface area contributed by atoms with E-state index in [0.717, 1.165) is 0 Å². The highest BCUT2D eigenvalue weighted by Gasteiger charge is 2.38. The molecular weight excluding hydrogens is 372 g/mol. The number of benzene rings is 1. The zero-order valence-electron chi connectivity index (χ0n) is 16.0. The van der Waals surface area contributed by atoms with Crippen LogP contribution in [0.15, 0.2) is 23.1 Å². The zero-order chi connectivity index (χ0) is 20.4. The van der Waals surface area contributed by atoms with Crippen molar-refractivity contribution >= 4 is 21.9 Å². The lowest BCUT2D eigenvalue weighted by Gasteiger charge is -2.21. The molecular formula is C18H26N2O6S. The molecule has 1 aromatic rings. The Morgan fingerprint density at radius 1 is 1.26 bits per heavy atom. The monoisotopic (exact) mass is 398 g/mol.